The molecule has 1 fully saturated rings. The van der Waals surface area contributed by atoms with Crippen LogP contribution in [0.1, 0.15) is 31.2 Å². The molecule has 3 nitrogen and oxygen atoms in total. The van der Waals surface area contributed by atoms with Crippen LogP contribution in [-0.2, 0) is 11.2 Å². The second-order valence-corrected chi connectivity index (χ2v) is 5.16. The molecule has 1 aliphatic rings. The van der Waals surface area contributed by atoms with Crippen molar-refractivity contribution in [3.8, 4) is 5.75 Å². The molecule has 1 N–H and O–H groups in total. The van der Waals surface area contributed by atoms with Crippen LogP contribution in [0.5, 0.6) is 5.75 Å². The Kier molecular flexibility index (Phi) is 4.42. The minimum atomic E-state index is -0.604. The van der Waals surface area contributed by atoms with E-state index in [1.54, 1.807) is 19.2 Å². The number of ether oxygens (including phenoxy) is 2. The van der Waals surface area contributed by atoms with Gasteiger partial charge in [0.15, 0.2) is 11.6 Å². The molecule has 0 saturated heterocycles. The SMILES string of the molecule is COc1ccc(CC(O)C2(OC)CCCC2)cc1F. The molecule has 1 aromatic carbocycles. The van der Waals surface area contributed by atoms with E-state index in [0.29, 0.717) is 6.42 Å². The van der Waals surface area contributed by atoms with Gasteiger partial charge in [-0.25, -0.2) is 4.39 Å². The zero-order chi connectivity index (χ0) is 13.9. The van der Waals surface area contributed by atoms with Gasteiger partial charge < -0.3 is 14.6 Å². The van der Waals surface area contributed by atoms with Crippen molar-refractivity contribution in [2.24, 2.45) is 0 Å². The van der Waals surface area contributed by atoms with Gasteiger partial charge in [-0.1, -0.05) is 18.9 Å². The van der Waals surface area contributed by atoms with Crippen LogP contribution >= 0.6 is 0 Å². The van der Waals surface area contributed by atoms with E-state index in [4.69, 9.17) is 9.47 Å². The Labute approximate surface area is 113 Å². The predicted octanol–water partition coefficient (Wildman–Crippen LogP) is 2.70. The summed E-state index contributed by atoms with van der Waals surface area (Å²) in [5, 5.41) is 10.4. The van der Waals surface area contributed by atoms with E-state index in [0.717, 1.165) is 31.2 Å². The van der Waals surface area contributed by atoms with Crippen molar-refractivity contribution >= 4 is 0 Å². The first-order chi connectivity index (χ1) is 9.11. The standard InChI is InChI=1S/C15H21FO3/c1-18-13-6-5-11(9-12(13)16)10-14(17)15(19-2)7-3-4-8-15/h5-6,9,14,17H,3-4,7-8,10H2,1-2H3. The molecule has 1 aliphatic carbocycles. The first-order valence-corrected chi connectivity index (χ1v) is 6.67. The van der Waals surface area contributed by atoms with Crippen LogP contribution in [0.15, 0.2) is 18.2 Å². The van der Waals surface area contributed by atoms with Gasteiger partial charge in [-0.15, -0.1) is 0 Å². The Hall–Kier alpha value is -1.13. The van der Waals surface area contributed by atoms with Crippen LogP contribution in [0.2, 0.25) is 0 Å². The lowest BCUT2D eigenvalue weighted by atomic mass is 9.90. The summed E-state index contributed by atoms with van der Waals surface area (Å²) in [4.78, 5) is 0. The number of rotatable bonds is 5. The van der Waals surface area contributed by atoms with Crippen molar-refractivity contribution in [1.29, 1.82) is 0 Å². The summed E-state index contributed by atoms with van der Waals surface area (Å²) in [6.07, 6.45) is 3.67. The Morgan fingerprint density at radius 1 is 1.32 bits per heavy atom. The molecule has 0 bridgehead atoms. The van der Waals surface area contributed by atoms with Gasteiger partial charge in [-0.2, -0.15) is 0 Å². The van der Waals surface area contributed by atoms with E-state index >= 15 is 0 Å². The lowest BCUT2D eigenvalue weighted by molar-refractivity contribution is -0.0971. The summed E-state index contributed by atoms with van der Waals surface area (Å²) in [6.45, 7) is 0. The first kappa shape index (κ1) is 14.3. The number of benzene rings is 1. The minimum Gasteiger partial charge on any atom is -0.494 e. The van der Waals surface area contributed by atoms with Gasteiger partial charge >= 0.3 is 0 Å². The highest BCUT2D eigenvalue weighted by Crippen LogP contribution is 2.37. The highest BCUT2D eigenvalue weighted by molar-refractivity contribution is 5.29. The quantitative estimate of drug-likeness (QED) is 0.892. The van der Waals surface area contributed by atoms with Crippen LogP contribution in [0, 0.1) is 5.82 Å². The second-order valence-electron chi connectivity index (χ2n) is 5.16. The highest BCUT2D eigenvalue weighted by Gasteiger charge is 2.40. The fourth-order valence-corrected chi connectivity index (χ4v) is 2.89. The van der Waals surface area contributed by atoms with Crippen LogP contribution in [0.3, 0.4) is 0 Å². The summed E-state index contributed by atoms with van der Waals surface area (Å²) in [6, 6.07) is 4.79. The Bertz CT molecular complexity index is 427. The van der Waals surface area contributed by atoms with Crippen molar-refractivity contribution in [2.75, 3.05) is 14.2 Å². The molecular formula is C15H21FO3. The number of halogens is 1. The molecule has 0 spiro atoms. The zero-order valence-electron chi connectivity index (χ0n) is 11.5. The lowest BCUT2D eigenvalue weighted by Crippen LogP contribution is -2.42. The first-order valence-electron chi connectivity index (χ1n) is 6.67. The maximum atomic E-state index is 13.6. The van der Waals surface area contributed by atoms with Crippen molar-refractivity contribution in [1.82, 2.24) is 0 Å². The predicted molar refractivity (Wildman–Crippen MR) is 70.9 cm³/mol. The van der Waals surface area contributed by atoms with E-state index in [-0.39, 0.29) is 5.75 Å². The van der Waals surface area contributed by atoms with Gasteiger partial charge in [-0.05, 0) is 30.5 Å². The smallest absolute Gasteiger partial charge is 0.165 e. The van der Waals surface area contributed by atoms with Crippen molar-refractivity contribution in [3.63, 3.8) is 0 Å². The topological polar surface area (TPSA) is 38.7 Å². The molecule has 2 rings (SSSR count). The lowest BCUT2D eigenvalue weighted by Gasteiger charge is -2.33. The number of hydrogen-bond acceptors (Lipinski definition) is 3. The third-order valence-electron chi connectivity index (χ3n) is 4.11. The molecule has 4 heteroatoms. The van der Waals surface area contributed by atoms with Crippen molar-refractivity contribution in [3.05, 3.63) is 29.6 Å². The summed E-state index contributed by atoms with van der Waals surface area (Å²) in [5.74, 6) is -0.175. The molecule has 0 aromatic heterocycles. The van der Waals surface area contributed by atoms with E-state index in [2.05, 4.69) is 0 Å². The Morgan fingerprint density at radius 3 is 2.53 bits per heavy atom. The van der Waals surface area contributed by atoms with Gasteiger partial charge in [0.2, 0.25) is 0 Å². The maximum Gasteiger partial charge on any atom is 0.165 e. The summed E-state index contributed by atoms with van der Waals surface area (Å²) in [7, 11) is 3.08. The van der Waals surface area contributed by atoms with Crippen LogP contribution < -0.4 is 4.74 Å². The van der Waals surface area contributed by atoms with Crippen LogP contribution in [-0.4, -0.2) is 31.0 Å². The molecule has 106 valence electrons. The molecule has 0 amide bonds. The monoisotopic (exact) mass is 268 g/mol. The van der Waals surface area contributed by atoms with Gasteiger partial charge in [0, 0.05) is 13.5 Å². The summed E-state index contributed by atoms with van der Waals surface area (Å²) >= 11 is 0. The van der Waals surface area contributed by atoms with E-state index in [9.17, 15) is 9.50 Å². The summed E-state index contributed by atoms with van der Waals surface area (Å²) < 4.78 is 24.0. The summed E-state index contributed by atoms with van der Waals surface area (Å²) in [5.41, 5.74) is 0.297. The van der Waals surface area contributed by atoms with Gasteiger partial charge in [0.1, 0.15) is 0 Å². The van der Waals surface area contributed by atoms with Gasteiger partial charge in [0.05, 0.1) is 18.8 Å². The zero-order valence-corrected chi connectivity index (χ0v) is 11.5. The average Bonchev–Trinajstić information content (AvgIpc) is 2.89. The minimum absolute atomic E-state index is 0.223. The molecule has 1 aromatic rings. The Morgan fingerprint density at radius 2 is 2.00 bits per heavy atom. The van der Waals surface area contributed by atoms with Crippen LogP contribution in [0.25, 0.3) is 0 Å². The number of aliphatic hydroxyl groups is 1. The Balaban J connectivity index is 2.10. The number of hydrogen-bond donors (Lipinski definition) is 1. The molecule has 1 unspecified atom stereocenters. The molecule has 0 heterocycles. The van der Waals surface area contributed by atoms with Crippen molar-refractivity contribution in [2.45, 2.75) is 43.8 Å². The molecular weight excluding hydrogens is 247 g/mol. The number of aliphatic hydroxyl groups excluding tert-OH is 1. The molecule has 1 saturated carbocycles. The van der Waals surface area contributed by atoms with E-state index in [1.165, 1.54) is 13.2 Å². The van der Waals surface area contributed by atoms with Gasteiger partial charge in [0.25, 0.3) is 0 Å². The fraction of sp³-hybridized carbons (Fsp3) is 0.600. The fourth-order valence-electron chi connectivity index (χ4n) is 2.89. The normalized spacial score (nSPS) is 19.4. The van der Waals surface area contributed by atoms with Crippen molar-refractivity contribution < 1.29 is 19.0 Å². The average molecular weight is 268 g/mol. The van der Waals surface area contributed by atoms with E-state index < -0.39 is 17.5 Å². The largest absolute Gasteiger partial charge is 0.494 e. The molecule has 19 heavy (non-hydrogen) atoms. The van der Waals surface area contributed by atoms with E-state index in [1.807, 2.05) is 0 Å². The molecule has 1 atom stereocenters. The third-order valence-corrected chi connectivity index (χ3v) is 4.11. The van der Waals surface area contributed by atoms with Crippen LogP contribution in [0.4, 0.5) is 4.39 Å². The van der Waals surface area contributed by atoms with Gasteiger partial charge in [-0.3, -0.25) is 0 Å². The number of methoxy groups -OCH3 is 2. The highest BCUT2D eigenvalue weighted by atomic mass is 19.1. The third kappa shape index (κ3) is 2.90. The molecule has 0 radical (unpaired) electrons. The molecule has 0 aliphatic heterocycles. The maximum absolute atomic E-state index is 13.6. The second kappa shape index (κ2) is 5.88.